The van der Waals surface area contributed by atoms with Gasteiger partial charge in [-0.1, -0.05) is 29.4 Å². The van der Waals surface area contributed by atoms with Gasteiger partial charge in [-0.25, -0.2) is 0 Å². The van der Waals surface area contributed by atoms with Crippen LogP contribution in [-0.4, -0.2) is 23.3 Å². The molecule has 2 aliphatic rings. The van der Waals surface area contributed by atoms with E-state index in [0.29, 0.717) is 5.92 Å². The Morgan fingerprint density at radius 2 is 1.75 bits per heavy atom. The number of ether oxygens (including phenoxy) is 1. The maximum Gasteiger partial charge on any atom is 0.309 e. The molecule has 6 nitrogen and oxygen atoms in total. The Hall–Kier alpha value is -3.59. The van der Waals surface area contributed by atoms with Gasteiger partial charge in [0.25, 0.3) is 0 Å². The zero-order chi connectivity index (χ0) is 28.7. The third-order valence-electron chi connectivity index (χ3n) is 8.55. The highest BCUT2D eigenvalue weighted by atomic mass is 16.6. The lowest BCUT2D eigenvalue weighted by atomic mass is 9.81. The summed E-state index contributed by atoms with van der Waals surface area (Å²) < 4.78 is 11.2. The standard InChI is InChI=1S/C34H41N3O3/c1-22-7-10-27(31-23(2)36-40-24(31)3)19-30(22)37(29-15-13-28(14-16-29)34(21-35)17-18-34)20-25-8-11-26(12-9-25)32(38)39-33(4,5)6/h7,10,13-16,19,25-26H,8-9,11-12,17-18,20H2,1-6H3. The Morgan fingerprint density at radius 3 is 2.30 bits per heavy atom. The molecule has 2 fully saturated rings. The Balaban J connectivity index is 1.43. The van der Waals surface area contributed by atoms with E-state index in [1.165, 1.54) is 5.56 Å². The second-order valence-electron chi connectivity index (χ2n) is 12.8. The van der Waals surface area contributed by atoms with Gasteiger partial charge in [-0.05, 0) is 121 Å². The molecule has 0 atom stereocenters. The molecule has 0 spiro atoms. The minimum atomic E-state index is -0.453. The van der Waals surface area contributed by atoms with Gasteiger partial charge in [0.2, 0.25) is 0 Å². The van der Waals surface area contributed by atoms with Crippen molar-refractivity contribution in [3.05, 3.63) is 65.0 Å². The van der Waals surface area contributed by atoms with Crippen molar-refractivity contribution < 1.29 is 14.1 Å². The number of aromatic nitrogens is 1. The quantitative estimate of drug-likeness (QED) is 0.282. The maximum absolute atomic E-state index is 12.7. The minimum absolute atomic E-state index is 0.0199. The summed E-state index contributed by atoms with van der Waals surface area (Å²) in [5.41, 5.74) is 6.83. The summed E-state index contributed by atoms with van der Waals surface area (Å²) in [5, 5.41) is 13.9. The molecular weight excluding hydrogens is 498 g/mol. The lowest BCUT2D eigenvalue weighted by Gasteiger charge is -2.35. The van der Waals surface area contributed by atoms with Crippen molar-refractivity contribution in [2.24, 2.45) is 11.8 Å². The van der Waals surface area contributed by atoms with Crippen molar-refractivity contribution in [2.75, 3.05) is 11.4 Å². The molecule has 210 valence electrons. The van der Waals surface area contributed by atoms with Crippen molar-refractivity contribution in [1.29, 1.82) is 5.26 Å². The number of hydrogen-bond donors (Lipinski definition) is 0. The number of anilines is 2. The summed E-state index contributed by atoms with van der Waals surface area (Å²) in [7, 11) is 0. The highest BCUT2D eigenvalue weighted by Crippen LogP contribution is 2.48. The molecule has 2 aliphatic carbocycles. The monoisotopic (exact) mass is 539 g/mol. The number of benzene rings is 2. The van der Waals surface area contributed by atoms with E-state index >= 15 is 0 Å². The summed E-state index contributed by atoms with van der Waals surface area (Å²) in [6, 6.07) is 17.7. The van der Waals surface area contributed by atoms with Crippen molar-refractivity contribution in [1.82, 2.24) is 5.16 Å². The molecule has 1 heterocycles. The molecule has 2 saturated carbocycles. The number of rotatable bonds is 7. The lowest BCUT2D eigenvalue weighted by Crippen LogP contribution is -2.33. The van der Waals surface area contributed by atoms with Gasteiger partial charge in [0.1, 0.15) is 11.4 Å². The first kappa shape index (κ1) is 28.0. The third-order valence-corrected chi connectivity index (χ3v) is 8.55. The molecule has 0 unspecified atom stereocenters. The van der Waals surface area contributed by atoms with Gasteiger partial charge in [-0.2, -0.15) is 5.26 Å². The highest BCUT2D eigenvalue weighted by Gasteiger charge is 2.44. The second kappa shape index (κ2) is 10.8. The van der Waals surface area contributed by atoms with Crippen LogP contribution in [0, 0.1) is 43.9 Å². The van der Waals surface area contributed by atoms with E-state index in [1.807, 2.05) is 34.6 Å². The first-order chi connectivity index (χ1) is 19.0. The molecule has 0 N–H and O–H groups in total. The second-order valence-corrected chi connectivity index (χ2v) is 12.8. The van der Waals surface area contributed by atoms with E-state index < -0.39 is 5.60 Å². The summed E-state index contributed by atoms with van der Waals surface area (Å²) in [6.45, 7) is 12.7. The van der Waals surface area contributed by atoms with Crippen LogP contribution in [0.1, 0.15) is 81.9 Å². The zero-order valence-electron chi connectivity index (χ0n) is 24.7. The average molecular weight is 540 g/mol. The van der Waals surface area contributed by atoms with Crippen LogP contribution in [0.5, 0.6) is 0 Å². The lowest BCUT2D eigenvalue weighted by molar-refractivity contribution is -0.161. The molecule has 6 heteroatoms. The zero-order valence-corrected chi connectivity index (χ0v) is 24.7. The van der Waals surface area contributed by atoms with Gasteiger partial charge in [0.15, 0.2) is 0 Å². The minimum Gasteiger partial charge on any atom is -0.460 e. The summed E-state index contributed by atoms with van der Waals surface area (Å²) in [4.78, 5) is 15.1. The number of carbonyl (C=O) groups is 1. The van der Waals surface area contributed by atoms with Crippen molar-refractivity contribution in [3.63, 3.8) is 0 Å². The SMILES string of the molecule is Cc1ccc(-c2c(C)noc2C)cc1N(CC1CCC(C(=O)OC(C)(C)C)CC1)c1ccc(C2(C#N)CC2)cc1. The fourth-order valence-corrected chi connectivity index (χ4v) is 6.07. The number of carbonyl (C=O) groups excluding carboxylic acids is 1. The van der Waals surface area contributed by atoms with Crippen LogP contribution in [0.3, 0.4) is 0 Å². The van der Waals surface area contributed by atoms with Gasteiger partial charge in [-0.3, -0.25) is 4.79 Å². The fourth-order valence-electron chi connectivity index (χ4n) is 6.07. The predicted molar refractivity (Wildman–Crippen MR) is 157 cm³/mol. The number of esters is 1. The largest absolute Gasteiger partial charge is 0.460 e. The van der Waals surface area contributed by atoms with Crippen LogP contribution in [0.4, 0.5) is 11.4 Å². The van der Waals surface area contributed by atoms with Crippen LogP contribution in [0.15, 0.2) is 47.0 Å². The molecule has 1 aromatic heterocycles. The van der Waals surface area contributed by atoms with E-state index in [4.69, 9.17) is 9.26 Å². The van der Waals surface area contributed by atoms with E-state index in [9.17, 15) is 10.1 Å². The van der Waals surface area contributed by atoms with Gasteiger partial charge < -0.3 is 14.2 Å². The molecule has 0 bridgehead atoms. The van der Waals surface area contributed by atoms with Crippen molar-refractivity contribution in [2.45, 2.75) is 91.1 Å². The summed E-state index contributed by atoms with van der Waals surface area (Å²) in [6.07, 6.45) is 5.56. The molecule has 0 radical (unpaired) electrons. The van der Waals surface area contributed by atoms with E-state index in [0.717, 1.165) is 84.6 Å². The van der Waals surface area contributed by atoms with Crippen LogP contribution in [0.25, 0.3) is 11.1 Å². The van der Waals surface area contributed by atoms with Gasteiger partial charge in [0.05, 0.1) is 23.1 Å². The molecular formula is C34H41N3O3. The van der Waals surface area contributed by atoms with Crippen molar-refractivity contribution >= 4 is 17.3 Å². The number of nitriles is 1. The molecule has 0 aliphatic heterocycles. The Bertz CT molecular complexity index is 1390. The fraction of sp³-hybridized carbons (Fsp3) is 0.500. The molecule has 3 aromatic rings. The highest BCUT2D eigenvalue weighted by molar-refractivity contribution is 5.76. The molecule has 0 saturated heterocycles. The van der Waals surface area contributed by atoms with Gasteiger partial charge in [-0.15, -0.1) is 0 Å². The number of hydrogen-bond acceptors (Lipinski definition) is 6. The Kier molecular flexibility index (Phi) is 7.52. The number of nitrogens with zero attached hydrogens (tertiary/aromatic N) is 3. The summed E-state index contributed by atoms with van der Waals surface area (Å²) >= 11 is 0. The molecule has 40 heavy (non-hydrogen) atoms. The smallest absolute Gasteiger partial charge is 0.309 e. The molecule has 2 aromatic carbocycles. The third kappa shape index (κ3) is 5.80. The van der Waals surface area contributed by atoms with E-state index in [-0.39, 0.29) is 17.3 Å². The maximum atomic E-state index is 12.7. The molecule has 5 rings (SSSR count). The van der Waals surface area contributed by atoms with Crippen LogP contribution >= 0.6 is 0 Å². The topological polar surface area (TPSA) is 79.4 Å². The van der Waals surface area contributed by atoms with E-state index in [1.54, 1.807) is 0 Å². The van der Waals surface area contributed by atoms with Gasteiger partial charge in [0, 0.05) is 23.5 Å². The Labute approximate surface area is 238 Å². The first-order valence-corrected chi connectivity index (χ1v) is 14.6. The van der Waals surface area contributed by atoms with Crippen LogP contribution < -0.4 is 4.90 Å². The molecule has 0 amide bonds. The first-order valence-electron chi connectivity index (χ1n) is 14.6. The summed E-state index contributed by atoms with van der Waals surface area (Å²) in [5.74, 6) is 1.19. The Morgan fingerprint density at radius 1 is 1.07 bits per heavy atom. The van der Waals surface area contributed by atoms with Crippen LogP contribution in [-0.2, 0) is 14.9 Å². The average Bonchev–Trinajstić information content (AvgIpc) is 3.66. The van der Waals surface area contributed by atoms with Crippen molar-refractivity contribution in [3.8, 4) is 17.2 Å². The normalized spacial score (nSPS) is 20.0. The van der Waals surface area contributed by atoms with Crippen LogP contribution in [0.2, 0.25) is 0 Å². The van der Waals surface area contributed by atoms with E-state index in [2.05, 4.69) is 65.5 Å². The predicted octanol–water partition coefficient (Wildman–Crippen LogP) is 8.11. The number of aryl methyl sites for hydroxylation is 3. The van der Waals surface area contributed by atoms with Gasteiger partial charge >= 0.3 is 5.97 Å².